The summed E-state index contributed by atoms with van der Waals surface area (Å²) in [4.78, 5) is 12.1. The van der Waals surface area contributed by atoms with E-state index in [1.807, 2.05) is 49.7 Å². The third-order valence-electron chi connectivity index (χ3n) is 3.34. The summed E-state index contributed by atoms with van der Waals surface area (Å²) >= 11 is 0. The van der Waals surface area contributed by atoms with Gasteiger partial charge in [0.2, 0.25) is 0 Å². The molecule has 0 bridgehead atoms. The maximum Gasteiger partial charge on any atom is 0.329 e. The van der Waals surface area contributed by atoms with Gasteiger partial charge in [-0.1, -0.05) is 0 Å². The minimum absolute atomic E-state index is 0.133. The third-order valence-corrected chi connectivity index (χ3v) is 3.34. The summed E-state index contributed by atoms with van der Waals surface area (Å²) in [6, 6.07) is 5.22. The van der Waals surface area contributed by atoms with Gasteiger partial charge < -0.3 is 18.8 Å². The summed E-state index contributed by atoms with van der Waals surface area (Å²) in [6.07, 6.45) is 1.73. The second-order valence-corrected chi connectivity index (χ2v) is 5.15. The molecule has 0 aliphatic carbocycles. The van der Waals surface area contributed by atoms with Crippen LogP contribution >= 0.6 is 0 Å². The number of benzene rings is 1. The topological polar surface area (TPSA) is 49.7 Å². The molecule has 0 fully saturated rings. The first kappa shape index (κ1) is 15.2. The molecule has 0 saturated carbocycles. The van der Waals surface area contributed by atoms with Gasteiger partial charge >= 0.3 is 5.97 Å². The SMILES string of the molecule is COc1cc(OC)c2ccn(C(C)C(=O)OC(C)C)c2c1. The molecule has 1 heterocycles. The lowest BCUT2D eigenvalue weighted by molar-refractivity contribution is -0.150. The molecule has 21 heavy (non-hydrogen) atoms. The van der Waals surface area contributed by atoms with Crippen molar-refractivity contribution in [3.05, 3.63) is 24.4 Å². The molecule has 0 saturated heterocycles. The molecule has 1 aromatic heterocycles. The van der Waals surface area contributed by atoms with Crippen LogP contribution in [0.1, 0.15) is 26.8 Å². The Morgan fingerprint density at radius 1 is 1.14 bits per heavy atom. The van der Waals surface area contributed by atoms with E-state index in [-0.39, 0.29) is 12.1 Å². The highest BCUT2D eigenvalue weighted by molar-refractivity contribution is 5.89. The van der Waals surface area contributed by atoms with Crippen molar-refractivity contribution >= 4 is 16.9 Å². The van der Waals surface area contributed by atoms with Crippen LogP contribution in [0.3, 0.4) is 0 Å². The van der Waals surface area contributed by atoms with E-state index in [0.29, 0.717) is 11.5 Å². The second-order valence-electron chi connectivity index (χ2n) is 5.15. The number of hydrogen-bond donors (Lipinski definition) is 0. The predicted octanol–water partition coefficient (Wildman–Crippen LogP) is 3.17. The minimum atomic E-state index is -0.415. The largest absolute Gasteiger partial charge is 0.497 e. The van der Waals surface area contributed by atoms with Gasteiger partial charge in [-0.2, -0.15) is 0 Å². The number of carbonyl (C=O) groups excluding carboxylic acids is 1. The van der Waals surface area contributed by atoms with Gasteiger partial charge in [0.1, 0.15) is 17.5 Å². The van der Waals surface area contributed by atoms with Gasteiger partial charge in [0.05, 0.1) is 25.8 Å². The summed E-state index contributed by atoms with van der Waals surface area (Å²) < 4.78 is 17.8. The number of nitrogens with zero attached hydrogens (tertiary/aromatic N) is 1. The molecule has 1 unspecified atom stereocenters. The van der Waals surface area contributed by atoms with E-state index in [1.54, 1.807) is 14.2 Å². The fourth-order valence-corrected chi connectivity index (χ4v) is 2.27. The van der Waals surface area contributed by atoms with Gasteiger partial charge in [0.25, 0.3) is 0 Å². The normalized spacial score (nSPS) is 12.5. The zero-order valence-electron chi connectivity index (χ0n) is 13.0. The van der Waals surface area contributed by atoms with Crippen molar-refractivity contribution in [1.29, 1.82) is 0 Å². The molecule has 5 heteroatoms. The molecule has 2 aromatic rings. The number of carbonyl (C=O) groups is 1. The number of ether oxygens (including phenoxy) is 3. The van der Waals surface area contributed by atoms with Crippen LogP contribution in [0.2, 0.25) is 0 Å². The van der Waals surface area contributed by atoms with Gasteiger partial charge in [0.15, 0.2) is 0 Å². The van der Waals surface area contributed by atoms with E-state index in [2.05, 4.69) is 0 Å². The Hall–Kier alpha value is -2.17. The van der Waals surface area contributed by atoms with Crippen LogP contribution in [0.4, 0.5) is 0 Å². The summed E-state index contributed by atoms with van der Waals surface area (Å²) in [5, 5.41) is 0.933. The molecule has 0 aliphatic heterocycles. The highest BCUT2D eigenvalue weighted by Crippen LogP contribution is 2.33. The Morgan fingerprint density at radius 2 is 1.86 bits per heavy atom. The molecular weight excluding hydrogens is 270 g/mol. The Bertz CT molecular complexity index is 645. The van der Waals surface area contributed by atoms with E-state index < -0.39 is 6.04 Å². The van der Waals surface area contributed by atoms with Crippen LogP contribution in [0.5, 0.6) is 11.5 Å². The summed E-state index contributed by atoms with van der Waals surface area (Å²) in [6.45, 7) is 5.49. The molecule has 0 radical (unpaired) electrons. The van der Waals surface area contributed by atoms with E-state index in [0.717, 1.165) is 10.9 Å². The molecule has 114 valence electrons. The molecule has 0 N–H and O–H groups in total. The van der Waals surface area contributed by atoms with E-state index >= 15 is 0 Å². The van der Waals surface area contributed by atoms with Crippen LogP contribution in [0.25, 0.3) is 10.9 Å². The van der Waals surface area contributed by atoms with Gasteiger partial charge in [0, 0.05) is 23.7 Å². The van der Waals surface area contributed by atoms with Crippen molar-refractivity contribution in [2.24, 2.45) is 0 Å². The minimum Gasteiger partial charge on any atom is -0.497 e. The first-order chi connectivity index (χ1) is 9.97. The van der Waals surface area contributed by atoms with E-state index in [4.69, 9.17) is 14.2 Å². The number of aromatic nitrogens is 1. The smallest absolute Gasteiger partial charge is 0.329 e. The zero-order chi connectivity index (χ0) is 15.6. The summed E-state index contributed by atoms with van der Waals surface area (Å²) in [5.74, 6) is 1.14. The van der Waals surface area contributed by atoms with Crippen LogP contribution in [0, 0.1) is 0 Å². The number of rotatable bonds is 5. The average Bonchev–Trinajstić information content (AvgIpc) is 2.88. The highest BCUT2D eigenvalue weighted by atomic mass is 16.5. The van der Waals surface area contributed by atoms with Crippen LogP contribution < -0.4 is 9.47 Å². The Kier molecular flexibility index (Phi) is 4.40. The monoisotopic (exact) mass is 291 g/mol. The lowest BCUT2D eigenvalue weighted by Gasteiger charge is -2.17. The van der Waals surface area contributed by atoms with Crippen molar-refractivity contribution in [3.63, 3.8) is 0 Å². The van der Waals surface area contributed by atoms with Crippen molar-refractivity contribution < 1.29 is 19.0 Å². The predicted molar refractivity (Wildman–Crippen MR) is 81.0 cm³/mol. The molecule has 2 rings (SSSR count). The Labute approximate surface area is 124 Å². The van der Waals surface area contributed by atoms with E-state index in [9.17, 15) is 4.79 Å². The zero-order valence-corrected chi connectivity index (χ0v) is 13.0. The highest BCUT2D eigenvalue weighted by Gasteiger charge is 2.20. The molecule has 1 aromatic carbocycles. The summed E-state index contributed by atoms with van der Waals surface area (Å²) in [7, 11) is 3.21. The number of methoxy groups -OCH3 is 2. The Balaban J connectivity index is 2.47. The lowest BCUT2D eigenvalue weighted by atomic mass is 10.2. The number of fused-ring (bicyclic) bond motifs is 1. The standard InChI is InChI=1S/C16H21NO4/c1-10(2)21-16(18)11(3)17-7-6-13-14(17)8-12(19-4)9-15(13)20-5/h6-11H,1-5H3. The maximum absolute atomic E-state index is 12.1. The van der Waals surface area contributed by atoms with Crippen LogP contribution in [-0.4, -0.2) is 30.9 Å². The third kappa shape index (κ3) is 2.96. The first-order valence-corrected chi connectivity index (χ1v) is 6.91. The second kappa shape index (κ2) is 6.08. The molecule has 1 atom stereocenters. The average molecular weight is 291 g/mol. The first-order valence-electron chi connectivity index (χ1n) is 6.91. The molecule has 0 spiro atoms. The summed E-state index contributed by atoms with van der Waals surface area (Å²) in [5.41, 5.74) is 0.874. The lowest BCUT2D eigenvalue weighted by Crippen LogP contribution is -2.21. The fraction of sp³-hybridized carbons (Fsp3) is 0.438. The van der Waals surface area contributed by atoms with Crippen molar-refractivity contribution in [2.75, 3.05) is 14.2 Å². The van der Waals surface area contributed by atoms with Crippen molar-refractivity contribution in [1.82, 2.24) is 4.57 Å². The van der Waals surface area contributed by atoms with Gasteiger partial charge in [-0.05, 0) is 26.8 Å². The molecule has 0 aliphatic rings. The van der Waals surface area contributed by atoms with E-state index in [1.165, 1.54) is 0 Å². The Morgan fingerprint density at radius 3 is 2.43 bits per heavy atom. The van der Waals surface area contributed by atoms with Crippen molar-refractivity contribution in [2.45, 2.75) is 32.9 Å². The molecule has 0 amide bonds. The maximum atomic E-state index is 12.1. The number of hydrogen-bond acceptors (Lipinski definition) is 4. The number of esters is 1. The van der Waals surface area contributed by atoms with Crippen LogP contribution in [0.15, 0.2) is 24.4 Å². The molecule has 5 nitrogen and oxygen atoms in total. The van der Waals surface area contributed by atoms with Crippen molar-refractivity contribution in [3.8, 4) is 11.5 Å². The van der Waals surface area contributed by atoms with Gasteiger partial charge in [-0.3, -0.25) is 0 Å². The molecular formula is C16H21NO4. The van der Waals surface area contributed by atoms with Crippen LogP contribution in [-0.2, 0) is 9.53 Å². The van der Waals surface area contributed by atoms with Gasteiger partial charge in [-0.25, -0.2) is 4.79 Å². The van der Waals surface area contributed by atoms with Gasteiger partial charge in [-0.15, -0.1) is 0 Å². The quantitative estimate of drug-likeness (QED) is 0.794. The fourth-order valence-electron chi connectivity index (χ4n) is 2.27.